The molecule has 2 amide bonds. The summed E-state index contributed by atoms with van der Waals surface area (Å²) in [5.74, 6) is 0.591. The summed E-state index contributed by atoms with van der Waals surface area (Å²) in [5.41, 5.74) is 0. The molecule has 0 bridgehead atoms. The third kappa shape index (κ3) is 7.56. The molecular weight excluding hydrogens is 224 g/mol. The largest absolute Gasteiger partial charge is 0.354 e. The minimum Gasteiger partial charge on any atom is -0.354 e. The van der Waals surface area contributed by atoms with Crippen molar-refractivity contribution in [2.45, 2.75) is 39.7 Å². The van der Waals surface area contributed by atoms with Gasteiger partial charge in [0.15, 0.2) is 0 Å². The summed E-state index contributed by atoms with van der Waals surface area (Å²) in [5, 5.41) is 5.34. The van der Waals surface area contributed by atoms with Gasteiger partial charge in [-0.15, -0.1) is 0 Å². The molecule has 0 rings (SSSR count). The van der Waals surface area contributed by atoms with Gasteiger partial charge >= 0.3 is 0 Å². The predicted molar refractivity (Wildman–Crippen MR) is 68.5 cm³/mol. The van der Waals surface area contributed by atoms with E-state index < -0.39 is 6.04 Å². The van der Waals surface area contributed by atoms with Crippen LogP contribution in [0.2, 0.25) is 0 Å². The van der Waals surface area contributed by atoms with Gasteiger partial charge in [-0.2, -0.15) is 12.6 Å². The summed E-state index contributed by atoms with van der Waals surface area (Å²) in [6.07, 6.45) is 2.05. The van der Waals surface area contributed by atoms with Crippen molar-refractivity contribution in [3.05, 3.63) is 0 Å². The van der Waals surface area contributed by atoms with E-state index in [2.05, 4.69) is 37.1 Å². The Morgan fingerprint density at radius 2 is 1.94 bits per heavy atom. The number of carbonyl (C=O) groups is 2. The Labute approximate surface area is 103 Å². The molecule has 5 heteroatoms. The van der Waals surface area contributed by atoms with Gasteiger partial charge in [-0.1, -0.05) is 13.8 Å². The number of rotatable bonds is 7. The third-order valence-corrected chi connectivity index (χ3v) is 2.50. The first kappa shape index (κ1) is 15.3. The zero-order valence-electron chi connectivity index (χ0n) is 10.2. The fourth-order valence-corrected chi connectivity index (χ4v) is 1.54. The molecule has 0 fully saturated rings. The maximum absolute atomic E-state index is 11.6. The maximum Gasteiger partial charge on any atom is 0.243 e. The van der Waals surface area contributed by atoms with E-state index in [1.54, 1.807) is 0 Å². The molecule has 0 aromatic heterocycles. The summed E-state index contributed by atoms with van der Waals surface area (Å²) in [6.45, 7) is 6.34. The summed E-state index contributed by atoms with van der Waals surface area (Å²) < 4.78 is 0. The molecule has 16 heavy (non-hydrogen) atoms. The molecule has 0 aliphatic carbocycles. The standard InChI is InChI=1S/C11H22N2O2S/c1-8(2)5-4-6-12-11(15)10(7-16)13-9(3)14/h8,10,16H,4-7H2,1-3H3,(H,12,15)(H,13,14). The second kappa shape index (κ2) is 8.44. The highest BCUT2D eigenvalue weighted by Crippen LogP contribution is 2.01. The molecule has 0 saturated carbocycles. The van der Waals surface area contributed by atoms with Gasteiger partial charge in [-0.3, -0.25) is 9.59 Å². The second-order valence-electron chi connectivity index (χ2n) is 4.26. The van der Waals surface area contributed by atoms with Gasteiger partial charge in [-0.05, 0) is 18.8 Å². The van der Waals surface area contributed by atoms with E-state index in [9.17, 15) is 9.59 Å². The van der Waals surface area contributed by atoms with Gasteiger partial charge < -0.3 is 10.6 Å². The van der Waals surface area contributed by atoms with E-state index in [0.717, 1.165) is 12.8 Å². The molecule has 0 spiro atoms. The van der Waals surface area contributed by atoms with Gasteiger partial charge in [0, 0.05) is 19.2 Å². The second-order valence-corrected chi connectivity index (χ2v) is 4.63. The third-order valence-electron chi connectivity index (χ3n) is 2.13. The van der Waals surface area contributed by atoms with Crippen molar-refractivity contribution in [2.75, 3.05) is 12.3 Å². The van der Waals surface area contributed by atoms with Gasteiger partial charge in [0.05, 0.1) is 0 Å². The normalized spacial score (nSPS) is 12.3. The Morgan fingerprint density at radius 1 is 1.31 bits per heavy atom. The fraction of sp³-hybridized carbons (Fsp3) is 0.818. The first-order valence-corrected chi connectivity index (χ1v) is 6.26. The van der Waals surface area contributed by atoms with E-state index in [4.69, 9.17) is 0 Å². The maximum atomic E-state index is 11.6. The molecule has 1 atom stereocenters. The molecule has 94 valence electrons. The summed E-state index contributed by atoms with van der Waals surface area (Å²) in [6, 6.07) is -0.528. The van der Waals surface area contributed by atoms with Crippen LogP contribution >= 0.6 is 12.6 Å². The molecule has 0 aromatic carbocycles. The lowest BCUT2D eigenvalue weighted by atomic mass is 10.1. The summed E-state index contributed by atoms with van der Waals surface area (Å²) in [7, 11) is 0. The van der Waals surface area contributed by atoms with Gasteiger partial charge in [-0.25, -0.2) is 0 Å². The number of carbonyl (C=O) groups excluding carboxylic acids is 2. The van der Waals surface area contributed by atoms with Crippen LogP contribution in [-0.2, 0) is 9.59 Å². The zero-order chi connectivity index (χ0) is 12.6. The van der Waals surface area contributed by atoms with Crippen LogP contribution in [0.1, 0.15) is 33.6 Å². The molecule has 0 saturated heterocycles. The highest BCUT2D eigenvalue weighted by Gasteiger charge is 2.16. The Balaban J connectivity index is 3.80. The Kier molecular flexibility index (Phi) is 8.07. The van der Waals surface area contributed by atoms with Crippen molar-refractivity contribution in [1.82, 2.24) is 10.6 Å². The number of hydrogen-bond acceptors (Lipinski definition) is 3. The average Bonchev–Trinajstić information content (AvgIpc) is 2.20. The molecule has 4 nitrogen and oxygen atoms in total. The van der Waals surface area contributed by atoms with Crippen LogP contribution in [0, 0.1) is 5.92 Å². The average molecular weight is 246 g/mol. The van der Waals surface area contributed by atoms with Crippen LogP contribution in [0.5, 0.6) is 0 Å². The predicted octanol–water partition coefficient (Wildman–Crippen LogP) is 0.973. The van der Waals surface area contributed by atoms with Crippen molar-refractivity contribution in [3.63, 3.8) is 0 Å². The van der Waals surface area contributed by atoms with Crippen LogP contribution in [0.15, 0.2) is 0 Å². The molecular formula is C11H22N2O2S. The van der Waals surface area contributed by atoms with Crippen LogP contribution < -0.4 is 10.6 Å². The Hall–Kier alpha value is -0.710. The van der Waals surface area contributed by atoms with E-state index in [1.807, 2.05) is 0 Å². The van der Waals surface area contributed by atoms with Crippen LogP contribution in [0.25, 0.3) is 0 Å². The lowest BCUT2D eigenvalue weighted by Crippen LogP contribution is -2.47. The lowest BCUT2D eigenvalue weighted by Gasteiger charge is -2.15. The van der Waals surface area contributed by atoms with Gasteiger partial charge in [0.1, 0.15) is 6.04 Å². The minimum atomic E-state index is -0.528. The topological polar surface area (TPSA) is 58.2 Å². The summed E-state index contributed by atoms with van der Waals surface area (Å²) in [4.78, 5) is 22.4. The highest BCUT2D eigenvalue weighted by atomic mass is 32.1. The van der Waals surface area contributed by atoms with E-state index >= 15 is 0 Å². The van der Waals surface area contributed by atoms with E-state index in [1.165, 1.54) is 6.92 Å². The smallest absolute Gasteiger partial charge is 0.243 e. The zero-order valence-corrected chi connectivity index (χ0v) is 11.1. The Morgan fingerprint density at radius 3 is 2.38 bits per heavy atom. The first-order valence-electron chi connectivity index (χ1n) is 5.63. The van der Waals surface area contributed by atoms with Crippen molar-refractivity contribution in [1.29, 1.82) is 0 Å². The Bertz CT molecular complexity index is 232. The number of thiol groups is 1. The molecule has 0 aliphatic heterocycles. The quantitative estimate of drug-likeness (QED) is 0.463. The fourth-order valence-electron chi connectivity index (χ4n) is 1.28. The van der Waals surface area contributed by atoms with Crippen LogP contribution in [-0.4, -0.2) is 30.2 Å². The van der Waals surface area contributed by atoms with Crippen LogP contribution in [0.3, 0.4) is 0 Å². The number of nitrogens with one attached hydrogen (secondary N) is 2. The number of hydrogen-bond donors (Lipinski definition) is 3. The molecule has 0 radical (unpaired) electrons. The SMILES string of the molecule is CC(=O)NC(CS)C(=O)NCCCC(C)C. The molecule has 1 unspecified atom stereocenters. The lowest BCUT2D eigenvalue weighted by molar-refractivity contribution is -0.127. The molecule has 0 heterocycles. The van der Waals surface area contributed by atoms with Crippen LogP contribution in [0.4, 0.5) is 0 Å². The van der Waals surface area contributed by atoms with E-state index in [0.29, 0.717) is 18.2 Å². The minimum absolute atomic E-state index is 0.158. The number of amides is 2. The first-order chi connectivity index (χ1) is 7.47. The van der Waals surface area contributed by atoms with Crippen molar-refractivity contribution in [2.24, 2.45) is 5.92 Å². The molecule has 2 N–H and O–H groups in total. The van der Waals surface area contributed by atoms with Crippen molar-refractivity contribution >= 4 is 24.4 Å². The van der Waals surface area contributed by atoms with E-state index in [-0.39, 0.29) is 11.8 Å². The molecule has 0 aliphatic rings. The monoisotopic (exact) mass is 246 g/mol. The van der Waals surface area contributed by atoms with Crippen molar-refractivity contribution < 1.29 is 9.59 Å². The van der Waals surface area contributed by atoms with Gasteiger partial charge in [0.25, 0.3) is 0 Å². The van der Waals surface area contributed by atoms with Gasteiger partial charge in [0.2, 0.25) is 11.8 Å². The summed E-state index contributed by atoms with van der Waals surface area (Å²) >= 11 is 4.03. The van der Waals surface area contributed by atoms with Crippen molar-refractivity contribution in [3.8, 4) is 0 Å². The highest BCUT2D eigenvalue weighted by molar-refractivity contribution is 7.80. The molecule has 0 aromatic rings.